The van der Waals surface area contributed by atoms with Gasteiger partial charge in [0.2, 0.25) is 0 Å². The second-order valence-corrected chi connectivity index (χ2v) is 4.67. The van der Waals surface area contributed by atoms with E-state index in [4.69, 9.17) is 5.11 Å². The van der Waals surface area contributed by atoms with Gasteiger partial charge in [-0.2, -0.15) is 0 Å². The topological polar surface area (TPSA) is 54.4 Å². The van der Waals surface area contributed by atoms with E-state index >= 15 is 0 Å². The standard InChI is InChI=1S/C11H14O3S/c1-4-8-9(11(12)13)6-5-7(2)10(8)15(3)14/h5-6H,4H2,1-3H3,(H,12,13)/t15-/m0/s1. The van der Waals surface area contributed by atoms with Crippen molar-refractivity contribution in [2.75, 3.05) is 6.26 Å². The Morgan fingerprint density at radius 1 is 1.47 bits per heavy atom. The fourth-order valence-corrected chi connectivity index (χ4v) is 2.82. The summed E-state index contributed by atoms with van der Waals surface area (Å²) in [4.78, 5) is 11.6. The lowest BCUT2D eigenvalue weighted by molar-refractivity contribution is 0.0695. The zero-order valence-corrected chi connectivity index (χ0v) is 9.85. The van der Waals surface area contributed by atoms with Crippen molar-refractivity contribution in [3.05, 3.63) is 28.8 Å². The number of hydrogen-bond acceptors (Lipinski definition) is 2. The Hall–Kier alpha value is -1.16. The second kappa shape index (κ2) is 4.57. The Balaban J connectivity index is 3.54. The van der Waals surface area contributed by atoms with Crippen molar-refractivity contribution in [1.82, 2.24) is 0 Å². The predicted octanol–water partition coefficient (Wildman–Crippen LogP) is 1.99. The Kier molecular flexibility index (Phi) is 3.63. The van der Waals surface area contributed by atoms with Gasteiger partial charge in [0, 0.05) is 11.2 Å². The summed E-state index contributed by atoms with van der Waals surface area (Å²) in [7, 11) is -1.14. The molecule has 0 heterocycles. The molecule has 0 saturated heterocycles. The van der Waals surface area contributed by atoms with Gasteiger partial charge in [-0.25, -0.2) is 4.79 Å². The van der Waals surface area contributed by atoms with Crippen LogP contribution < -0.4 is 0 Å². The number of carboxylic acids is 1. The van der Waals surface area contributed by atoms with Crippen LogP contribution in [0.3, 0.4) is 0 Å². The number of aryl methyl sites for hydroxylation is 1. The number of rotatable bonds is 3. The molecule has 0 radical (unpaired) electrons. The molecule has 1 rings (SSSR count). The molecule has 82 valence electrons. The highest BCUT2D eigenvalue weighted by Gasteiger charge is 2.16. The van der Waals surface area contributed by atoms with Crippen LogP contribution in [-0.2, 0) is 17.2 Å². The van der Waals surface area contributed by atoms with E-state index in [1.165, 1.54) is 0 Å². The SMILES string of the molecule is CCc1c(C(=O)O)ccc(C)c1[S@](C)=O. The first-order valence-corrected chi connectivity index (χ1v) is 6.24. The van der Waals surface area contributed by atoms with Crippen LogP contribution in [0.25, 0.3) is 0 Å². The first-order chi connectivity index (χ1) is 6.99. The molecule has 0 unspecified atom stereocenters. The van der Waals surface area contributed by atoms with Crippen LogP contribution in [-0.4, -0.2) is 21.5 Å². The van der Waals surface area contributed by atoms with Gasteiger partial charge in [-0.05, 0) is 30.5 Å². The summed E-state index contributed by atoms with van der Waals surface area (Å²) in [6, 6.07) is 3.28. The third-order valence-corrected chi connectivity index (χ3v) is 3.47. The van der Waals surface area contributed by atoms with E-state index in [-0.39, 0.29) is 5.56 Å². The molecule has 0 aromatic heterocycles. The zero-order chi connectivity index (χ0) is 11.6. The molecule has 4 heteroatoms. The Morgan fingerprint density at radius 3 is 2.47 bits per heavy atom. The van der Waals surface area contributed by atoms with Gasteiger partial charge < -0.3 is 5.11 Å². The van der Waals surface area contributed by atoms with Gasteiger partial charge in [-0.1, -0.05) is 13.0 Å². The van der Waals surface area contributed by atoms with Crippen LogP contribution in [0.15, 0.2) is 17.0 Å². The summed E-state index contributed by atoms with van der Waals surface area (Å²) in [6.45, 7) is 3.72. The molecule has 1 aromatic rings. The van der Waals surface area contributed by atoms with E-state index in [1.807, 2.05) is 13.8 Å². The fourth-order valence-electron chi connectivity index (χ4n) is 1.70. The maximum Gasteiger partial charge on any atom is 0.336 e. The highest BCUT2D eigenvalue weighted by molar-refractivity contribution is 7.84. The van der Waals surface area contributed by atoms with Crippen molar-refractivity contribution in [3.8, 4) is 0 Å². The maximum absolute atomic E-state index is 11.5. The molecule has 0 amide bonds. The molecule has 0 saturated carbocycles. The van der Waals surface area contributed by atoms with Crippen molar-refractivity contribution >= 4 is 16.8 Å². The summed E-state index contributed by atoms with van der Waals surface area (Å²) in [6.07, 6.45) is 2.16. The monoisotopic (exact) mass is 226 g/mol. The Labute approximate surface area is 91.6 Å². The second-order valence-electron chi connectivity index (χ2n) is 3.35. The van der Waals surface area contributed by atoms with Gasteiger partial charge in [-0.15, -0.1) is 0 Å². The molecule has 15 heavy (non-hydrogen) atoms. The molecule has 0 spiro atoms. The molecular formula is C11H14O3S. The van der Waals surface area contributed by atoms with E-state index in [1.54, 1.807) is 18.4 Å². The van der Waals surface area contributed by atoms with Gasteiger partial charge >= 0.3 is 5.97 Å². The lowest BCUT2D eigenvalue weighted by Gasteiger charge is -2.11. The molecule has 0 fully saturated rings. The third kappa shape index (κ3) is 2.26. The smallest absolute Gasteiger partial charge is 0.336 e. The van der Waals surface area contributed by atoms with Crippen LogP contribution >= 0.6 is 0 Å². The van der Waals surface area contributed by atoms with Gasteiger partial charge in [0.15, 0.2) is 0 Å². The highest BCUT2D eigenvalue weighted by atomic mass is 32.2. The normalized spacial score (nSPS) is 12.5. The van der Waals surface area contributed by atoms with Crippen molar-refractivity contribution in [2.24, 2.45) is 0 Å². The number of carbonyl (C=O) groups is 1. The molecule has 0 aliphatic carbocycles. The third-order valence-electron chi connectivity index (χ3n) is 2.33. The van der Waals surface area contributed by atoms with Crippen molar-refractivity contribution in [1.29, 1.82) is 0 Å². The number of hydrogen-bond donors (Lipinski definition) is 1. The minimum Gasteiger partial charge on any atom is -0.478 e. The Bertz CT molecular complexity index is 424. The quantitative estimate of drug-likeness (QED) is 0.857. The van der Waals surface area contributed by atoms with Crippen molar-refractivity contribution in [3.63, 3.8) is 0 Å². The zero-order valence-electron chi connectivity index (χ0n) is 9.03. The van der Waals surface area contributed by atoms with E-state index in [0.717, 1.165) is 5.56 Å². The van der Waals surface area contributed by atoms with Crippen molar-refractivity contribution in [2.45, 2.75) is 25.2 Å². The Morgan fingerprint density at radius 2 is 2.07 bits per heavy atom. The summed E-state index contributed by atoms with van der Waals surface area (Å²) in [5, 5.41) is 8.99. The fraction of sp³-hybridized carbons (Fsp3) is 0.364. The minimum absolute atomic E-state index is 0.258. The average Bonchev–Trinajstić information content (AvgIpc) is 2.15. The molecular weight excluding hydrogens is 212 g/mol. The van der Waals surface area contributed by atoms with Crippen LogP contribution in [0.2, 0.25) is 0 Å². The van der Waals surface area contributed by atoms with Crippen LogP contribution in [0.4, 0.5) is 0 Å². The maximum atomic E-state index is 11.5. The summed E-state index contributed by atoms with van der Waals surface area (Å²) in [5.74, 6) is -0.960. The van der Waals surface area contributed by atoms with E-state index in [2.05, 4.69) is 0 Å². The molecule has 0 aliphatic heterocycles. The van der Waals surface area contributed by atoms with Crippen LogP contribution in [0, 0.1) is 6.92 Å². The highest BCUT2D eigenvalue weighted by Crippen LogP contribution is 2.22. The number of aromatic carboxylic acids is 1. The number of carboxylic acid groups (broad SMARTS) is 1. The lowest BCUT2D eigenvalue weighted by atomic mass is 10.0. The van der Waals surface area contributed by atoms with Crippen LogP contribution in [0.5, 0.6) is 0 Å². The van der Waals surface area contributed by atoms with Crippen LogP contribution in [0.1, 0.15) is 28.4 Å². The molecule has 3 nitrogen and oxygen atoms in total. The van der Waals surface area contributed by atoms with Gasteiger partial charge in [0.05, 0.1) is 16.4 Å². The molecule has 0 aliphatic rings. The van der Waals surface area contributed by atoms with Gasteiger partial charge in [0.1, 0.15) is 0 Å². The van der Waals surface area contributed by atoms with E-state index in [9.17, 15) is 9.00 Å². The summed E-state index contributed by atoms with van der Waals surface area (Å²) < 4.78 is 11.5. The summed E-state index contributed by atoms with van der Waals surface area (Å²) >= 11 is 0. The average molecular weight is 226 g/mol. The number of benzene rings is 1. The van der Waals surface area contributed by atoms with Gasteiger partial charge in [-0.3, -0.25) is 4.21 Å². The molecule has 1 aromatic carbocycles. The van der Waals surface area contributed by atoms with Crippen molar-refractivity contribution < 1.29 is 14.1 Å². The lowest BCUT2D eigenvalue weighted by Crippen LogP contribution is -2.07. The predicted molar refractivity (Wildman–Crippen MR) is 59.8 cm³/mol. The summed E-state index contributed by atoms with van der Waals surface area (Å²) in [5.41, 5.74) is 1.83. The minimum atomic E-state index is -1.14. The molecule has 1 atom stereocenters. The van der Waals surface area contributed by atoms with Gasteiger partial charge in [0.25, 0.3) is 0 Å². The van der Waals surface area contributed by atoms with E-state index < -0.39 is 16.8 Å². The largest absolute Gasteiger partial charge is 0.478 e. The first-order valence-electron chi connectivity index (χ1n) is 4.68. The molecule has 0 bridgehead atoms. The van der Waals surface area contributed by atoms with E-state index in [0.29, 0.717) is 16.9 Å². The first kappa shape index (κ1) is 11.9. The molecule has 1 N–H and O–H groups in total.